The lowest BCUT2D eigenvalue weighted by Crippen LogP contribution is -2.41. The summed E-state index contributed by atoms with van der Waals surface area (Å²) in [5.41, 5.74) is 3.32. The highest BCUT2D eigenvalue weighted by Crippen LogP contribution is 2.47. The molecule has 0 spiro atoms. The lowest BCUT2D eigenvalue weighted by molar-refractivity contribution is -0.153. The SMILES string of the molecule is C=C1CC[C@H]([C@@H](C)CCC=C(C)C)[C@@H]2C(C=O)=CC[C@H]1[C@H]2OC(C)=O. The van der Waals surface area contributed by atoms with Crippen LogP contribution in [0.2, 0.25) is 0 Å². The smallest absolute Gasteiger partial charge is 0.302 e. The highest BCUT2D eigenvalue weighted by Gasteiger charge is 2.45. The van der Waals surface area contributed by atoms with Crippen molar-refractivity contribution in [2.75, 3.05) is 0 Å². The van der Waals surface area contributed by atoms with E-state index in [0.29, 0.717) is 11.8 Å². The average Bonchev–Trinajstić information content (AvgIpc) is 2.62. The monoisotopic (exact) mass is 344 g/mol. The number of carbonyl (C=O) groups excluding carboxylic acids is 2. The van der Waals surface area contributed by atoms with E-state index in [2.05, 4.69) is 39.5 Å². The maximum atomic E-state index is 11.7. The largest absolute Gasteiger partial charge is 0.461 e. The van der Waals surface area contributed by atoms with Gasteiger partial charge in [0.15, 0.2) is 0 Å². The van der Waals surface area contributed by atoms with Crippen molar-refractivity contribution in [3.8, 4) is 0 Å². The van der Waals surface area contributed by atoms with E-state index in [1.807, 2.05) is 0 Å². The van der Waals surface area contributed by atoms with Crippen LogP contribution in [0.5, 0.6) is 0 Å². The number of esters is 1. The fourth-order valence-corrected chi connectivity index (χ4v) is 4.54. The summed E-state index contributed by atoms with van der Waals surface area (Å²) in [5.74, 6) is 0.687. The Kier molecular flexibility index (Phi) is 6.80. The Morgan fingerprint density at radius 2 is 2.12 bits per heavy atom. The van der Waals surface area contributed by atoms with Crippen LogP contribution >= 0.6 is 0 Å². The van der Waals surface area contributed by atoms with Gasteiger partial charge in [0.05, 0.1) is 0 Å². The number of aldehydes is 1. The van der Waals surface area contributed by atoms with Crippen LogP contribution in [-0.4, -0.2) is 18.4 Å². The summed E-state index contributed by atoms with van der Waals surface area (Å²) in [6.45, 7) is 12.2. The van der Waals surface area contributed by atoms with Gasteiger partial charge in [-0.3, -0.25) is 9.59 Å². The van der Waals surface area contributed by atoms with Crippen molar-refractivity contribution in [3.63, 3.8) is 0 Å². The Bertz CT molecular complexity index is 580. The van der Waals surface area contributed by atoms with Gasteiger partial charge in [-0.25, -0.2) is 0 Å². The van der Waals surface area contributed by atoms with Crippen molar-refractivity contribution in [2.24, 2.45) is 23.7 Å². The van der Waals surface area contributed by atoms with Gasteiger partial charge in [0.2, 0.25) is 0 Å². The molecule has 25 heavy (non-hydrogen) atoms. The summed E-state index contributed by atoms with van der Waals surface area (Å²) < 4.78 is 5.75. The van der Waals surface area contributed by atoms with Gasteiger partial charge in [0.25, 0.3) is 0 Å². The second-order valence-corrected chi connectivity index (χ2v) is 7.96. The molecule has 2 rings (SSSR count). The molecular weight excluding hydrogens is 312 g/mol. The molecule has 1 saturated carbocycles. The molecule has 1 fully saturated rings. The number of rotatable bonds is 6. The third kappa shape index (κ3) is 4.71. The molecule has 2 aliphatic carbocycles. The highest BCUT2D eigenvalue weighted by molar-refractivity contribution is 5.75. The van der Waals surface area contributed by atoms with E-state index in [1.165, 1.54) is 12.5 Å². The number of allylic oxidation sites excluding steroid dienone is 3. The minimum atomic E-state index is -0.266. The van der Waals surface area contributed by atoms with Crippen LogP contribution in [0.1, 0.15) is 59.8 Å². The van der Waals surface area contributed by atoms with E-state index in [-0.39, 0.29) is 23.9 Å². The van der Waals surface area contributed by atoms with Gasteiger partial charge in [-0.15, -0.1) is 0 Å². The topological polar surface area (TPSA) is 43.4 Å². The highest BCUT2D eigenvalue weighted by atomic mass is 16.5. The van der Waals surface area contributed by atoms with Gasteiger partial charge in [-0.1, -0.05) is 36.8 Å². The van der Waals surface area contributed by atoms with Gasteiger partial charge in [0, 0.05) is 18.8 Å². The molecule has 2 bridgehead atoms. The molecule has 0 N–H and O–H groups in total. The van der Waals surface area contributed by atoms with Gasteiger partial charge < -0.3 is 4.74 Å². The van der Waals surface area contributed by atoms with Gasteiger partial charge in [0.1, 0.15) is 12.4 Å². The first-order valence-electron chi connectivity index (χ1n) is 9.48. The predicted molar refractivity (Wildman–Crippen MR) is 101 cm³/mol. The number of ether oxygens (including phenoxy) is 1. The zero-order chi connectivity index (χ0) is 18.6. The standard InChI is InChI=1S/C22H32O3/c1-14(2)7-6-8-15(3)19-11-9-16(4)20-12-10-18(13-23)21(19)22(20)25-17(5)24/h7,10,13,15,19-22H,4,6,8-9,11-12H2,1-3,5H3/t15-,19+,20+,21-,22+/m0/s1. The summed E-state index contributed by atoms with van der Waals surface area (Å²) in [6.07, 6.45) is 9.91. The van der Waals surface area contributed by atoms with Crippen LogP contribution in [0.3, 0.4) is 0 Å². The lowest BCUT2D eigenvalue weighted by atomic mass is 9.68. The van der Waals surface area contributed by atoms with Crippen LogP contribution in [-0.2, 0) is 14.3 Å². The Balaban J connectivity index is 2.31. The van der Waals surface area contributed by atoms with Crippen LogP contribution in [0.4, 0.5) is 0 Å². The quantitative estimate of drug-likeness (QED) is 0.386. The van der Waals surface area contributed by atoms with Crippen LogP contribution < -0.4 is 0 Å². The van der Waals surface area contributed by atoms with Crippen LogP contribution in [0, 0.1) is 23.7 Å². The maximum Gasteiger partial charge on any atom is 0.302 e. The molecule has 0 aromatic carbocycles. The first kappa shape index (κ1) is 19.7. The van der Waals surface area contributed by atoms with E-state index < -0.39 is 0 Å². The first-order valence-corrected chi connectivity index (χ1v) is 9.48. The number of fused-ring (bicyclic) bond motifs is 2. The van der Waals surface area contributed by atoms with E-state index >= 15 is 0 Å². The van der Waals surface area contributed by atoms with Crippen molar-refractivity contribution < 1.29 is 14.3 Å². The molecule has 138 valence electrons. The third-order valence-electron chi connectivity index (χ3n) is 5.87. The molecule has 0 aromatic heterocycles. The Hall–Kier alpha value is -1.64. The van der Waals surface area contributed by atoms with Gasteiger partial charge in [-0.2, -0.15) is 0 Å². The van der Waals surface area contributed by atoms with Crippen molar-refractivity contribution in [2.45, 2.75) is 65.9 Å². The average molecular weight is 344 g/mol. The minimum Gasteiger partial charge on any atom is -0.461 e. The first-order chi connectivity index (χ1) is 11.8. The normalized spacial score (nSPS) is 29.9. The molecule has 0 heterocycles. The molecule has 5 atom stereocenters. The predicted octanol–water partition coefficient (Wildman–Crippen LogP) is 5.03. The van der Waals surface area contributed by atoms with E-state index in [4.69, 9.17) is 4.74 Å². The van der Waals surface area contributed by atoms with Crippen molar-refractivity contribution in [1.29, 1.82) is 0 Å². The second-order valence-electron chi connectivity index (χ2n) is 7.96. The molecule has 0 aromatic rings. The second kappa shape index (κ2) is 8.64. The number of carbonyl (C=O) groups is 2. The van der Waals surface area contributed by atoms with Crippen molar-refractivity contribution in [1.82, 2.24) is 0 Å². The Morgan fingerprint density at radius 1 is 1.40 bits per heavy atom. The van der Waals surface area contributed by atoms with Crippen LogP contribution in [0.25, 0.3) is 0 Å². The molecule has 0 unspecified atom stereocenters. The molecule has 0 amide bonds. The fraction of sp³-hybridized carbons (Fsp3) is 0.636. The van der Waals surface area contributed by atoms with Crippen molar-refractivity contribution >= 4 is 12.3 Å². The fourth-order valence-electron chi connectivity index (χ4n) is 4.54. The molecule has 0 aliphatic heterocycles. The molecule has 3 nitrogen and oxygen atoms in total. The van der Waals surface area contributed by atoms with Crippen LogP contribution in [0.15, 0.2) is 35.5 Å². The third-order valence-corrected chi connectivity index (χ3v) is 5.87. The lowest BCUT2D eigenvalue weighted by Gasteiger charge is -2.40. The summed E-state index contributed by atoms with van der Waals surface area (Å²) in [7, 11) is 0. The summed E-state index contributed by atoms with van der Waals surface area (Å²) in [5, 5.41) is 0. The Labute approximate surface area is 152 Å². The van der Waals surface area contributed by atoms with E-state index in [9.17, 15) is 9.59 Å². The van der Waals surface area contributed by atoms with Gasteiger partial charge >= 0.3 is 5.97 Å². The van der Waals surface area contributed by atoms with Gasteiger partial charge in [-0.05, 0) is 63.4 Å². The molecule has 3 heteroatoms. The maximum absolute atomic E-state index is 11.7. The Morgan fingerprint density at radius 3 is 2.72 bits per heavy atom. The molecule has 2 aliphatic rings. The van der Waals surface area contributed by atoms with Crippen molar-refractivity contribution in [3.05, 3.63) is 35.5 Å². The zero-order valence-corrected chi connectivity index (χ0v) is 16.1. The zero-order valence-electron chi connectivity index (χ0n) is 16.1. The van der Waals surface area contributed by atoms with E-state index in [1.54, 1.807) is 0 Å². The summed E-state index contributed by atoms with van der Waals surface area (Å²) in [6, 6.07) is 0. The summed E-state index contributed by atoms with van der Waals surface area (Å²) >= 11 is 0. The minimum absolute atomic E-state index is 0.00102. The molecule has 0 saturated heterocycles. The summed E-state index contributed by atoms with van der Waals surface area (Å²) in [4.78, 5) is 23.4. The van der Waals surface area contributed by atoms with E-state index in [0.717, 1.165) is 49.5 Å². The molecule has 0 radical (unpaired) electrons. The number of hydrogen-bond donors (Lipinski definition) is 0. The number of hydrogen-bond acceptors (Lipinski definition) is 3. The molecular formula is C22H32O3.